The molecule has 23 heavy (non-hydrogen) atoms. The second kappa shape index (κ2) is 6.76. The Morgan fingerprint density at radius 3 is 2.26 bits per heavy atom. The first-order valence-electron chi connectivity index (χ1n) is 7.57. The van der Waals surface area contributed by atoms with Crippen molar-refractivity contribution in [2.24, 2.45) is 0 Å². The van der Waals surface area contributed by atoms with Gasteiger partial charge in [-0.1, -0.05) is 0 Å². The lowest BCUT2D eigenvalue weighted by atomic mass is 10.2. The largest absolute Gasteiger partial charge is 0.497 e. The molecule has 1 heterocycles. The summed E-state index contributed by atoms with van der Waals surface area (Å²) in [7, 11) is -1.99. The maximum atomic E-state index is 12.4. The van der Waals surface area contributed by atoms with Crippen LogP contribution in [0.1, 0.15) is 36.8 Å². The van der Waals surface area contributed by atoms with Crippen LogP contribution in [0.15, 0.2) is 35.2 Å². The van der Waals surface area contributed by atoms with E-state index in [0.29, 0.717) is 11.8 Å². The number of hydrogen-bond donors (Lipinski definition) is 1. The number of methoxy groups -OCH3 is 1. The smallest absolute Gasteiger partial charge is 0.240 e. The molecular weight excluding hydrogens is 312 g/mol. The van der Waals surface area contributed by atoms with Crippen molar-refractivity contribution in [1.29, 1.82) is 0 Å². The van der Waals surface area contributed by atoms with Gasteiger partial charge in [0.15, 0.2) is 0 Å². The summed E-state index contributed by atoms with van der Waals surface area (Å²) in [5, 5.41) is 0. The maximum Gasteiger partial charge on any atom is 0.240 e. The van der Waals surface area contributed by atoms with Crippen molar-refractivity contribution < 1.29 is 13.2 Å². The lowest BCUT2D eigenvalue weighted by Crippen LogP contribution is -2.23. The van der Waals surface area contributed by atoms with E-state index in [1.54, 1.807) is 31.4 Å². The Kier molecular flexibility index (Phi) is 5.16. The van der Waals surface area contributed by atoms with Gasteiger partial charge in [0, 0.05) is 24.0 Å². The number of nitrogens with zero attached hydrogens (tertiary/aromatic N) is 1. The van der Waals surface area contributed by atoms with E-state index in [1.165, 1.54) is 0 Å². The van der Waals surface area contributed by atoms with E-state index in [0.717, 1.165) is 17.0 Å². The highest BCUT2D eigenvalue weighted by Gasteiger charge is 2.16. The highest BCUT2D eigenvalue weighted by Crippen LogP contribution is 2.21. The molecular formula is C17H24N2O3S. The fourth-order valence-electron chi connectivity index (χ4n) is 2.83. The summed E-state index contributed by atoms with van der Waals surface area (Å²) in [6.07, 6.45) is 0. The molecule has 2 rings (SSSR count). The van der Waals surface area contributed by atoms with Crippen LogP contribution in [0, 0.1) is 13.8 Å². The lowest BCUT2D eigenvalue weighted by Gasteiger charge is -2.14. The molecule has 0 fully saturated rings. The zero-order valence-corrected chi connectivity index (χ0v) is 15.1. The van der Waals surface area contributed by atoms with Crippen molar-refractivity contribution in [1.82, 2.24) is 9.29 Å². The SMILES string of the molecule is COc1ccc(S(=O)(=O)NCc2cc(C)n(C(C)C)c2C)cc1. The van der Waals surface area contributed by atoms with Gasteiger partial charge in [-0.15, -0.1) is 0 Å². The van der Waals surface area contributed by atoms with Crippen molar-refractivity contribution in [3.05, 3.63) is 47.3 Å². The summed E-state index contributed by atoms with van der Waals surface area (Å²) in [5.74, 6) is 0.629. The van der Waals surface area contributed by atoms with Crippen molar-refractivity contribution in [3.8, 4) is 5.75 Å². The zero-order valence-electron chi connectivity index (χ0n) is 14.3. The summed E-state index contributed by atoms with van der Waals surface area (Å²) < 4.78 is 34.7. The Balaban J connectivity index is 2.17. The van der Waals surface area contributed by atoms with Gasteiger partial charge in [-0.05, 0) is 63.6 Å². The van der Waals surface area contributed by atoms with Crippen LogP contribution in [0.4, 0.5) is 0 Å². The van der Waals surface area contributed by atoms with Gasteiger partial charge in [-0.2, -0.15) is 0 Å². The molecule has 0 aliphatic carbocycles. The number of ether oxygens (including phenoxy) is 1. The van der Waals surface area contributed by atoms with Crippen LogP contribution < -0.4 is 9.46 Å². The lowest BCUT2D eigenvalue weighted by molar-refractivity contribution is 0.414. The molecule has 0 unspecified atom stereocenters. The molecule has 0 amide bonds. The number of aryl methyl sites for hydroxylation is 1. The molecule has 6 heteroatoms. The monoisotopic (exact) mass is 336 g/mol. The van der Waals surface area contributed by atoms with Crippen LogP contribution in [0.5, 0.6) is 5.75 Å². The summed E-state index contributed by atoms with van der Waals surface area (Å²) in [5.41, 5.74) is 3.22. The van der Waals surface area contributed by atoms with Crippen molar-refractivity contribution >= 4 is 10.0 Å². The van der Waals surface area contributed by atoms with Gasteiger partial charge in [0.2, 0.25) is 10.0 Å². The average molecular weight is 336 g/mol. The van der Waals surface area contributed by atoms with Crippen LogP contribution in [-0.2, 0) is 16.6 Å². The molecule has 5 nitrogen and oxygen atoms in total. The van der Waals surface area contributed by atoms with Crippen LogP contribution in [0.3, 0.4) is 0 Å². The molecule has 1 N–H and O–H groups in total. The van der Waals surface area contributed by atoms with Gasteiger partial charge in [0.05, 0.1) is 12.0 Å². The molecule has 2 aromatic rings. The average Bonchev–Trinajstić information content (AvgIpc) is 2.79. The van der Waals surface area contributed by atoms with Crippen molar-refractivity contribution in [2.45, 2.75) is 45.2 Å². The third kappa shape index (κ3) is 3.76. The number of rotatable bonds is 6. The van der Waals surface area contributed by atoms with Gasteiger partial charge in [0.1, 0.15) is 5.75 Å². The van der Waals surface area contributed by atoms with E-state index in [2.05, 4.69) is 23.1 Å². The second-order valence-corrected chi connectivity index (χ2v) is 7.63. The zero-order chi connectivity index (χ0) is 17.2. The van der Waals surface area contributed by atoms with Crippen LogP contribution >= 0.6 is 0 Å². The molecule has 1 aromatic carbocycles. The van der Waals surface area contributed by atoms with Gasteiger partial charge in [-0.25, -0.2) is 13.1 Å². The van der Waals surface area contributed by atoms with Gasteiger partial charge >= 0.3 is 0 Å². The molecule has 0 atom stereocenters. The Hall–Kier alpha value is -1.79. The Morgan fingerprint density at radius 2 is 1.78 bits per heavy atom. The van der Waals surface area contributed by atoms with Gasteiger partial charge in [0.25, 0.3) is 0 Å². The van der Waals surface area contributed by atoms with Crippen molar-refractivity contribution in [3.63, 3.8) is 0 Å². The Bertz CT molecular complexity index is 775. The maximum absolute atomic E-state index is 12.4. The van der Waals surface area contributed by atoms with E-state index in [4.69, 9.17) is 4.74 Å². The number of aromatic nitrogens is 1. The molecule has 0 spiro atoms. The summed E-state index contributed by atoms with van der Waals surface area (Å²) >= 11 is 0. The molecule has 0 aliphatic heterocycles. The third-order valence-electron chi connectivity index (χ3n) is 3.93. The number of hydrogen-bond acceptors (Lipinski definition) is 3. The minimum Gasteiger partial charge on any atom is -0.497 e. The van der Waals surface area contributed by atoms with E-state index >= 15 is 0 Å². The van der Waals surface area contributed by atoms with Crippen LogP contribution in [0.2, 0.25) is 0 Å². The topological polar surface area (TPSA) is 60.3 Å². The minimum atomic E-state index is -3.54. The van der Waals surface area contributed by atoms with E-state index < -0.39 is 10.0 Å². The van der Waals surface area contributed by atoms with Crippen molar-refractivity contribution in [2.75, 3.05) is 7.11 Å². The minimum absolute atomic E-state index is 0.232. The van der Waals surface area contributed by atoms with Gasteiger partial charge < -0.3 is 9.30 Å². The number of benzene rings is 1. The number of sulfonamides is 1. The molecule has 126 valence electrons. The standard InChI is InChI=1S/C17H24N2O3S/c1-12(2)19-13(3)10-15(14(19)4)11-18-23(20,21)17-8-6-16(22-5)7-9-17/h6-10,12,18H,11H2,1-5H3. The summed E-state index contributed by atoms with van der Waals surface area (Å²) in [4.78, 5) is 0.232. The molecule has 0 saturated heterocycles. The molecule has 1 aromatic heterocycles. The fraction of sp³-hybridized carbons (Fsp3) is 0.412. The highest BCUT2D eigenvalue weighted by atomic mass is 32.2. The normalized spacial score (nSPS) is 11.9. The predicted molar refractivity (Wildman–Crippen MR) is 91.3 cm³/mol. The second-order valence-electron chi connectivity index (χ2n) is 5.86. The molecule has 0 bridgehead atoms. The predicted octanol–water partition coefficient (Wildman–Crippen LogP) is 3.17. The first-order chi connectivity index (χ1) is 10.8. The fourth-order valence-corrected chi connectivity index (χ4v) is 3.84. The molecule has 0 aliphatic rings. The summed E-state index contributed by atoms with van der Waals surface area (Å²) in [6.45, 7) is 8.57. The van der Waals surface area contributed by atoms with E-state index in [1.807, 2.05) is 19.9 Å². The quantitative estimate of drug-likeness (QED) is 0.881. The first-order valence-corrected chi connectivity index (χ1v) is 9.05. The number of nitrogens with one attached hydrogen (secondary N) is 1. The van der Waals surface area contributed by atoms with Crippen LogP contribution in [-0.4, -0.2) is 20.1 Å². The van der Waals surface area contributed by atoms with E-state index in [9.17, 15) is 8.42 Å². The first kappa shape index (κ1) is 17.6. The Morgan fingerprint density at radius 1 is 1.17 bits per heavy atom. The Labute approximate surface area is 138 Å². The summed E-state index contributed by atoms with van der Waals surface area (Å²) in [6, 6.07) is 8.74. The third-order valence-corrected chi connectivity index (χ3v) is 5.35. The van der Waals surface area contributed by atoms with Gasteiger partial charge in [-0.3, -0.25) is 0 Å². The molecule has 0 radical (unpaired) electrons. The van der Waals surface area contributed by atoms with E-state index in [-0.39, 0.29) is 11.4 Å². The highest BCUT2D eigenvalue weighted by molar-refractivity contribution is 7.89. The molecule has 0 saturated carbocycles. The van der Waals surface area contributed by atoms with Crippen LogP contribution in [0.25, 0.3) is 0 Å².